The van der Waals surface area contributed by atoms with Crippen LogP contribution in [0.2, 0.25) is 0 Å². The van der Waals surface area contributed by atoms with Crippen molar-refractivity contribution in [1.82, 2.24) is 10.1 Å². The van der Waals surface area contributed by atoms with Crippen LogP contribution < -0.4 is 19.1 Å². The normalized spacial score (nSPS) is 16.2. The summed E-state index contributed by atoms with van der Waals surface area (Å²) in [6, 6.07) is 14.1. The molecular weight excluding hydrogens is 358 g/mol. The summed E-state index contributed by atoms with van der Waals surface area (Å²) >= 11 is 0. The SMILES string of the molecule is COc1cccc(-c2noc(N3CCCC3c3ccc(OC)cc3OC)n2)c1. The van der Waals surface area contributed by atoms with Crippen molar-refractivity contribution in [2.45, 2.75) is 18.9 Å². The smallest absolute Gasteiger partial charge is 0.324 e. The molecular formula is C21H23N3O4. The molecule has 1 aromatic heterocycles. The molecule has 0 N–H and O–H groups in total. The number of benzene rings is 2. The summed E-state index contributed by atoms with van der Waals surface area (Å²) in [5.74, 6) is 2.86. The third-order valence-electron chi connectivity index (χ3n) is 5.04. The summed E-state index contributed by atoms with van der Waals surface area (Å²) in [4.78, 5) is 6.77. The van der Waals surface area contributed by atoms with Gasteiger partial charge in [-0.05, 0) is 37.1 Å². The summed E-state index contributed by atoms with van der Waals surface area (Å²) in [7, 11) is 4.96. The van der Waals surface area contributed by atoms with E-state index in [1.54, 1.807) is 21.3 Å². The van der Waals surface area contributed by atoms with Crippen LogP contribution in [0, 0.1) is 0 Å². The van der Waals surface area contributed by atoms with Gasteiger partial charge in [-0.1, -0.05) is 17.3 Å². The quantitative estimate of drug-likeness (QED) is 0.636. The second kappa shape index (κ2) is 7.80. The van der Waals surface area contributed by atoms with Gasteiger partial charge in [0.2, 0.25) is 5.82 Å². The van der Waals surface area contributed by atoms with Gasteiger partial charge in [0.25, 0.3) is 0 Å². The van der Waals surface area contributed by atoms with Crippen LogP contribution in [-0.2, 0) is 0 Å². The van der Waals surface area contributed by atoms with Gasteiger partial charge in [-0.15, -0.1) is 0 Å². The number of aromatic nitrogens is 2. The molecule has 4 rings (SSSR count). The number of methoxy groups -OCH3 is 3. The third kappa shape index (κ3) is 3.35. The lowest BCUT2D eigenvalue weighted by molar-refractivity contribution is 0.384. The molecule has 1 unspecified atom stereocenters. The maximum atomic E-state index is 5.61. The van der Waals surface area contributed by atoms with Crippen molar-refractivity contribution in [1.29, 1.82) is 0 Å². The molecule has 1 saturated heterocycles. The van der Waals surface area contributed by atoms with Crippen LogP contribution in [0.4, 0.5) is 6.01 Å². The van der Waals surface area contributed by atoms with E-state index >= 15 is 0 Å². The van der Waals surface area contributed by atoms with E-state index in [1.807, 2.05) is 42.5 Å². The topological polar surface area (TPSA) is 69.9 Å². The summed E-state index contributed by atoms with van der Waals surface area (Å²) in [6.07, 6.45) is 2.02. The number of anilines is 1. The van der Waals surface area contributed by atoms with Gasteiger partial charge in [-0.2, -0.15) is 4.98 Å². The van der Waals surface area contributed by atoms with Gasteiger partial charge in [0.15, 0.2) is 0 Å². The van der Waals surface area contributed by atoms with Crippen molar-refractivity contribution in [3.8, 4) is 28.6 Å². The Bertz CT molecular complexity index is 956. The highest BCUT2D eigenvalue weighted by atomic mass is 16.5. The lowest BCUT2D eigenvalue weighted by atomic mass is 10.0. The third-order valence-corrected chi connectivity index (χ3v) is 5.04. The fraction of sp³-hybridized carbons (Fsp3) is 0.333. The number of rotatable bonds is 6. The van der Waals surface area contributed by atoms with E-state index in [0.29, 0.717) is 11.8 Å². The highest BCUT2D eigenvalue weighted by Gasteiger charge is 2.32. The first kappa shape index (κ1) is 18.2. The van der Waals surface area contributed by atoms with Crippen LogP contribution in [0.25, 0.3) is 11.4 Å². The molecule has 1 aliphatic heterocycles. The van der Waals surface area contributed by atoms with Gasteiger partial charge in [0.05, 0.1) is 27.4 Å². The zero-order chi connectivity index (χ0) is 19.5. The number of ether oxygens (including phenoxy) is 3. The van der Waals surface area contributed by atoms with Gasteiger partial charge < -0.3 is 23.6 Å². The van der Waals surface area contributed by atoms with Crippen LogP contribution in [0.1, 0.15) is 24.4 Å². The highest BCUT2D eigenvalue weighted by Crippen LogP contribution is 2.41. The first-order valence-corrected chi connectivity index (χ1v) is 9.20. The van der Waals surface area contributed by atoms with Crippen LogP contribution in [0.3, 0.4) is 0 Å². The molecule has 0 saturated carbocycles. The molecule has 7 heteroatoms. The number of hydrogen-bond donors (Lipinski definition) is 0. The Balaban J connectivity index is 1.63. The molecule has 7 nitrogen and oxygen atoms in total. The largest absolute Gasteiger partial charge is 0.497 e. The monoisotopic (exact) mass is 381 g/mol. The van der Waals surface area contributed by atoms with Crippen LogP contribution in [0.5, 0.6) is 17.2 Å². The summed E-state index contributed by atoms with van der Waals surface area (Å²) in [5.41, 5.74) is 1.94. The van der Waals surface area contributed by atoms with E-state index in [2.05, 4.69) is 15.0 Å². The minimum atomic E-state index is 0.111. The van der Waals surface area contributed by atoms with Gasteiger partial charge in [-0.25, -0.2) is 0 Å². The summed E-state index contributed by atoms with van der Waals surface area (Å²) in [5, 5.41) is 4.17. The molecule has 2 heterocycles. The minimum Gasteiger partial charge on any atom is -0.497 e. The fourth-order valence-corrected chi connectivity index (χ4v) is 3.62. The molecule has 146 valence electrons. The molecule has 28 heavy (non-hydrogen) atoms. The molecule has 0 spiro atoms. The molecule has 1 atom stereocenters. The standard InChI is InChI=1S/C21H23N3O4/c1-25-15-7-4-6-14(12-15)20-22-21(28-23-20)24-11-5-8-18(24)17-10-9-16(26-2)13-19(17)27-3/h4,6-7,9-10,12-13,18H,5,8,11H2,1-3H3. The average Bonchev–Trinajstić information content (AvgIpc) is 3.42. The van der Waals surface area contributed by atoms with Gasteiger partial charge in [-0.3, -0.25) is 0 Å². The summed E-state index contributed by atoms with van der Waals surface area (Å²) < 4.78 is 21.8. The molecule has 2 aromatic carbocycles. The Morgan fingerprint density at radius 2 is 1.82 bits per heavy atom. The van der Waals surface area contributed by atoms with E-state index in [0.717, 1.165) is 47.8 Å². The van der Waals surface area contributed by atoms with Gasteiger partial charge in [0.1, 0.15) is 17.2 Å². The molecule has 0 aliphatic carbocycles. The highest BCUT2D eigenvalue weighted by molar-refractivity contribution is 5.58. The van der Waals surface area contributed by atoms with E-state index in [9.17, 15) is 0 Å². The van der Waals surface area contributed by atoms with Crippen LogP contribution in [-0.4, -0.2) is 38.0 Å². The number of nitrogens with zero attached hydrogens (tertiary/aromatic N) is 3. The Labute approximate surface area is 163 Å². The maximum Gasteiger partial charge on any atom is 0.324 e. The average molecular weight is 381 g/mol. The first-order valence-electron chi connectivity index (χ1n) is 9.20. The van der Waals surface area contributed by atoms with Crippen molar-refractivity contribution in [3.63, 3.8) is 0 Å². The Kier molecular flexibility index (Phi) is 5.06. The Hall–Kier alpha value is -3.22. The second-order valence-electron chi connectivity index (χ2n) is 6.59. The van der Waals surface area contributed by atoms with Crippen LogP contribution >= 0.6 is 0 Å². The molecule has 0 amide bonds. The Morgan fingerprint density at radius 1 is 1.00 bits per heavy atom. The minimum absolute atomic E-state index is 0.111. The molecule has 1 fully saturated rings. The van der Waals surface area contributed by atoms with E-state index in [-0.39, 0.29) is 6.04 Å². The van der Waals surface area contributed by atoms with Gasteiger partial charge in [0, 0.05) is 23.7 Å². The van der Waals surface area contributed by atoms with Crippen molar-refractivity contribution >= 4 is 6.01 Å². The predicted molar refractivity (Wildman–Crippen MR) is 105 cm³/mol. The molecule has 0 bridgehead atoms. The fourth-order valence-electron chi connectivity index (χ4n) is 3.62. The molecule has 0 radical (unpaired) electrons. The van der Waals surface area contributed by atoms with Crippen LogP contribution in [0.15, 0.2) is 47.0 Å². The van der Waals surface area contributed by atoms with Crippen molar-refractivity contribution in [3.05, 3.63) is 48.0 Å². The van der Waals surface area contributed by atoms with Crippen molar-refractivity contribution in [2.24, 2.45) is 0 Å². The maximum absolute atomic E-state index is 5.61. The van der Waals surface area contributed by atoms with Crippen molar-refractivity contribution in [2.75, 3.05) is 32.8 Å². The lowest BCUT2D eigenvalue weighted by Gasteiger charge is -2.24. The lowest BCUT2D eigenvalue weighted by Crippen LogP contribution is -2.23. The summed E-state index contributed by atoms with van der Waals surface area (Å²) in [6.45, 7) is 0.847. The molecule has 1 aliphatic rings. The Morgan fingerprint density at radius 3 is 2.61 bits per heavy atom. The van der Waals surface area contributed by atoms with Crippen molar-refractivity contribution < 1.29 is 18.7 Å². The number of hydrogen-bond acceptors (Lipinski definition) is 7. The molecule has 3 aromatic rings. The van der Waals surface area contributed by atoms with Gasteiger partial charge >= 0.3 is 6.01 Å². The zero-order valence-electron chi connectivity index (χ0n) is 16.2. The van der Waals surface area contributed by atoms with E-state index in [4.69, 9.17) is 18.7 Å². The van der Waals surface area contributed by atoms with E-state index in [1.165, 1.54) is 0 Å². The predicted octanol–water partition coefficient (Wildman–Crippen LogP) is 4.10. The first-order chi connectivity index (χ1) is 13.7. The van der Waals surface area contributed by atoms with E-state index < -0.39 is 0 Å². The second-order valence-corrected chi connectivity index (χ2v) is 6.59. The zero-order valence-corrected chi connectivity index (χ0v) is 16.2.